The molecule has 2 aromatic rings. The monoisotopic (exact) mass is 325 g/mol. The van der Waals surface area contributed by atoms with Gasteiger partial charge in [0, 0.05) is 18.2 Å². The van der Waals surface area contributed by atoms with Gasteiger partial charge in [0.05, 0.1) is 10.9 Å². The second kappa shape index (κ2) is 6.36. The fourth-order valence-corrected chi connectivity index (χ4v) is 3.05. The highest BCUT2D eigenvalue weighted by Gasteiger charge is 2.10. The van der Waals surface area contributed by atoms with E-state index >= 15 is 0 Å². The van der Waals surface area contributed by atoms with Crippen molar-refractivity contribution in [2.24, 2.45) is 0 Å². The summed E-state index contributed by atoms with van der Waals surface area (Å²) in [6.45, 7) is 3.01. The zero-order valence-electron chi connectivity index (χ0n) is 10.4. The SMILES string of the molecule is COc1ccccc1[C@@H](C)NCc1csc(Br)c1. The van der Waals surface area contributed by atoms with Gasteiger partial charge in [-0.2, -0.15) is 0 Å². The molecule has 0 spiro atoms. The van der Waals surface area contributed by atoms with E-state index in [1.54, 1.807) is 18.4 Å². The topological polar surface area (TPSA) is 21.3 Å². The van der Waals surface area contributed by atoms with Crippen LogP contribution in [0.25, 0.3) is 0 Å². The Bertz CT molecular complexity index is 512. The summed E-state index contributed by atoms with van der Waals surface area (Å²) in [6, 6.07) is 10.5. The molecule has 0 saturated heterocycles. The molecule has 0 saturated carbocycles. The number of hydrogen-bond donors (Lipinski definition) is 1. The molecule has 0 aliphatic heterocycles. The lowest BCUT2D eigenvalue weighted by molar-refractivity contribution is 0.401. The Morgan fingerprint density at radius 2 is 2.17 bits per heavy atom. The molecule has 1 aromatic heterocycles. The van der Waals surface area contributed by atoms with Crippen molar-refractivity contribution < 1.29 is 4.74 Å². The molecular weight excluding hydrogens is 310 g/mol. The predicted molar refractivity (Wildman–Crippen MR) is 80.3 cm³/mol. The van der Waals surface area contributed by atoms with Gasteiger partial charge in [0.2, 0.25) is 0 Å². The first-order valence-electron chi connectivity index (χ1n) is 5.80. The van der Waals surface area contributed by atoms with E-state index in [-0.39, 0.29) is 6.04 Å². The first kappa shape index (κ1) is 13.6. The molecule has 0 aliphatic rings. The number of thiophene rings is 1. The van der Waals surface area contributed by atoms with E-state index in [0.29, 0.717) is 0 Å². The fraction of sp³-hybridized carbons (Fsp3) is 0.286. The Morgan fingerprint density at radius 1 is 1.39 bits per heavy atom. The Kier molecular flexibility index (Phi) is 4.80. The largest absolute Gasteiger partial charge is 0.496 e. The van der Waals surface area contributed by atoms with Crippen LogP contribution in [-0.2, 0) is 6.54 Å². The van der Waals surface area contributed by atoms with Gasteiger partial charge in [-0.25, -0.2) is 0 Å². The molecule has 1 heterocycles. The number of rotatable bonds is 5. The standard InChI is InChI=1S/C14H16BrNOS/c1-10(12-5-3-4-6-13(12)17-2)16-8-11-7-14(15)18-9-11/h3-7,9-10,16H,8H2,1-2H3/t10-/m1/s1. The lowest BCUT2D eigenvalue weighted by Gasteiger charge is -2.16. The molecule has 96 valence electrons. The van der Waals surface area contributed by atoms with Crippen molar-refractivity contribution in [3.05, 3.63) is 50.6 Å². The quantitative estimate of drug-likeness (QED) is 0.881. The average Bonchev–Trinajstić information content (AvgIpc) is 2.81. The first-order valence-corrected chi connectivity index (χ1v) is 7.47. The Labute approximate surface area is 120 Å². The van der Waals surface area contributed by atoms with Crippen LogP contribution < -0.4 is 10.1 Å². The van der Waals surface area contributed by atoms with Gasteiger partial charge in [-0.15, -0.1) is 11.3 Å². The lowest BCUT2D eigenvalue weighted by atomic mass is 10.1. The summed E-state index contributed by atoms with van der Waals surface area (Å²) < 4.78 is 6.55. The van der Waals surface area contributed by atoms with E-state index in [4.69, 9.17) is 4.74 Å². The molecule has 2 nitrogen and oxygen atoms in total. The minimum atomic E-state index is 0.264. The number of hydrogen-bond acceptors (Lipinski definition) is 3. The van der Waals surface area contributed by atoms with Crippen molar-refractivity contribution in [1.29, 1.82) is 0 Å². The van der Waals surface area contributed by atoms with Gasteiger partial charge in [0.25, 0.3) is 0 Å². The van der Waals surface area contributed by atoms with Crippen LogP contribution in [0.3, 0.4) is 0 Å². The van der Waals surface area contributed by atoms with E-state index in [2.05, 4.69) is 45.7 Å². The van der Waals surface area contributed by atoms with Crippen molar-refractivity contribution in [3.63, 3.8) is 0 Å². The van der Waals surface area contributed by atoms with E-state index in [1.807, 2.05) is 18.2 Å². The Morgan fingerprint density at radius 3 is 2.83 bits per heavy atom. The maximum absolute atomic E-state index is 5.38. The van der Waals surface area contributed by atoms with Crippen LogP contribution in [0.5, 0.6) is 5.75 Å². The van der Waals surface area contributed by atoms with Crippen LogP contribution in [0.15, 0.2) is 39.5 Å². The van der Waals surface area contributed by atoms with Gasteiger partial charge in [-0.3, -0.25) is 0 Å². The van der Waals surface area contributed by atoms with Crippen LogP contribution in [0.2, 0.25) is 0 Å². The number of benzene rings is 1. The molecule has 0 radical (unpaired) electrons. The molecular formula is C14H16BrNOS. The molecule has 0 bridgehead atoms. The highest BCUT2D eigenvalue weighted by Crippen LogP contribution is 2.25. The summed E-state index contributed by atoms with van der Waals surface area (Å²) >= 11 is 5.19. The molecule has 0 unspecified atom stereocenters. The average molecular weight is 326 g/mol. The van der Waals surface area contributed by atoms with Gasteiger partial charge in [0.15, 0.2) is 0 Å². The number of para-hydroxylation sites is 1. The van der Waals surface area contributed by atoms with Gasteiger partial charge < -0.3 is 10.1 Å². The van der Waals surface area contributed by atoms with Gasteiger partial charge in [0.1, 0.15) is 5.75 Å². The highest BCUT2D eigenvalue weighted by atomic mass is 79.9. The van der Waals surface area contributed by atoms with Crippen molar-refractivity contribution in [1.82, 2.24) is 5.32 Å². The summed E-state index contributed by atoms with van der Waals surface area (Å²) in [5.41, 5.74) is 2.49. The zero-order valence-corrected chi connectivity index (χ0v) is 12.8. The van der Waals surface area contributed by atoms with Crippen LogP contribution in [0.1, 0.15) is 24.1 Å². The number of halogens is 1. The minimum absolute atomic E-state index is 0.264. The summed E-state index contributed by atoms with van der Waals surface area (Å²) in [7, 11) is 1.71. The van der Waals surface area contributed by atoms with E-state index < -0.39 is 0 Å². The molecule has 1 atom stereocenters. The summed E-state index contributed by atoms with van der Waals surface area (Å²) in [5.74, 6) is 0.934. The normalized spacial score (nSPS) is 12.4. The maximum Gasteiger partial charge on any atom is 0.123 e. The van der Waals surface area contributed by atoms with Gasteiger partial charge >= 0.3 is 0 Å². The molecule has 0 aliphatic carbocycles. The smallest absolute Gasteiger partial charge is 0.123 e. The third kappa shape index (κ3) is 3.34. The van der Waals surface area contributed by atoms with E-state index in [1.165, 1.54) is 14.9 Å². The predicted octanol–water partition coefficient (Wildman–Crippen LogP) is 4.37. The van der Waals surface area contributed by atoms with Gasteiger partial charge in [-0.05, 0) is 45.9 Å². The molecule has 0 fully saturated rings. The lowest BCUT2D eigenvalue weighted by Crippen LogP contribution is -2.18. The molecule has 2 rings (SSSR count). The molecule has 0 amide bonds. The summed E-state index contributed by atoms with van der Waals surface area (Å²) in [4.78, 5) is 0. The van der Waals surface area contributed by atoms with Crippen molar-refractivity contribution >= 4 is 27.3 Å². The molecule has 1 aromatic carbocycles. The third-order valence-corrected chi connectivity index (χ3v) is 4.39. The third-order valence-electron chi connectivity index (χ3n) is 2.84. The maximum atomic E-state index is 5.38. The minimum Gasteiger partial charge on any atom is -0.496 e. The Balaban J connectivity index is 2.01. The van der Waals surface area contributed by atoms with Crippen molar-refractivity contribution in [2.45, 2.75) is 19.5 Å². The second-order valence-corrected chi connectivity index (χ2v) is 6.39. The number of ether oxygens (including phenoxy) is 1. The zero-order chi connectivity index (χ0) is 13.0. The van der Waals surface area contributed by atoms with Crippen LogP contribution >= 0.6 is 27.3 Å². The number of nitrogens with one attached hydrogen (secondary N) is 1. The highest BCUT2D eigenvalue weighted by molar-refractivity contribution is 9.11. The van der Waals surface area contributed by atoms with Crippen LogP contribution in [0, 0.1) is 0 Å². The second-order valence-electron chi connectivity index (χ2n) is 4.10. The van der Waals surface area contributed by atoms with Crippen LogP contribution in [0.4, 0.5) is 0 Å². The van der Waals surface area contributed by atoms with E-state index in [0.717, 1.165) is 12.3 Å². The first-order chi connectivity index (χ1) is 8.70. The fourth-order valence-electron chi connectivity index (χ4n) is 1.84. The molecule has 18 heavy (non-hydrogen) atoms. The summed E-state index contributed by atoms with van der Waals surface area (Å²) in [5, 5.41) is 5.67. The Hall–Kier alpha value is -0.840. The molecule has 1 N–H and O–H groups in total. The number of methoxy groups -OCH3 is 1. The summed E-state index contributed by atoms with van der Waals surface area (Å²) in [6.07, 6.45) is 0. The van der Waals surface area contributed by atoms with Crippen LogP contribution in [-0.4, -0.2) is 7.11 Å². The van der Waals surface area contributed by atoms with Gasteiger partial charge in [-0.1, -0.05) is 18.2 Å². The van der Waals surface area contributed by atoms with Crippen molar-refractivity contribution in [3.8, 4) is 5.75 Å². The van der Waals surface area contributed by atoms with Crippen molar-refractivity contribution in [2.75, 3.05) is 7.11 Å². The molecule has 4 heteroatoms. The van der Waals surface area contributed by atoms with E-state index in [9.17, 15) is 0 Å².